The monoisotopic (exact) mass is 286 g/mol. The minimum atomic E-state index is -0.0657. The first kappa shape index (κ1) is 14.6. The molecule has 0 unspecified atom stereocenters. The summed E-state index contributed by atoms with van der Waals surface area (Å²) in [6.45, 7) is 1.54. The number of imidazole rings is 1. The molecule has 0 saturated carbocycles. The molecule has 0 aliphatic carbocycles. The van der Waals surface area contributed by atoms with E-state index in [9.17, 15) is 0 Å². The molecule has 0 saturated heterocycles. The van der Waals surface area contributed by atoms with Crippen molar-refractivity contribution in [1.29, 1.82) is 0 Å². The molecule has 21 heavy (non-hydrogen) atoms. The van der Waals surface area contributed by atoms with Crippen LogP contribution in [-0.2, 0) is 6.54 Å². The van der Waals surface area contributed by atoms with Gasteiger partial charge < -0.3 is 20.8 Å². The molecule has 0 radical (unpaired) electrons. The van der Waals surface area contributed by atoms with Crippen molar-refractivity contribution in [2.45, 2.75) is 13.0 Å². The van der Waals surface area contributed by atoms with E-state index in [2.05, 4.69) is 15.2 Å². The van der Waals surface area contributed by atoms with Gasteiger partial charge in [0.05, 0.1) is 19.1 Å². The lowest BCUT2D eigenvalue weighted by atomic mass is 10.2. The maximum absolute atomic E-state index is 5.66. The Morgan fingerprint density at radius 2 is 2.10 bits per heavy atom. The summed E-state index contributed by atoms with van der Waals surface area (Å²) in [6, 6.07) is 7.54. The third-order valence-electron chi connectivity index (χ3n) is 2.65. The lowest BCUT2D eigenvalue weighted by Crippen LogP contribution is -2.21. The van der Waals surface area contributed by atoms with Gasteiger partial charge >= 0.3 is 0 Å². The third kappa shape index (κ3) is 5.35. The van der Waals surface area contributed by atoms with Gasteiger partial charge in [-0.15, -0.1) is 5.10 Å². The van der Waals surface area contributed by atoms with Crippen molar-refractivity contribution in [3.8, 4) is 5.75 Å². The summed E-state index contributed by atoms with van der Waals surface area (Å²) in [6.07, 6.45) is 7.99. The topological polar surface area (TPSA) is 104 Å². The predicted octanol–water partition coefficient (Wildman–Crippen LogP) is 0.959. The Labute approximate surface area is 123 Å². The van der Waals surface area contributed by atoms with Gasteiger partial charge in [0.2, 0.25) is 5.96 Å². The second kappa shape index (κ2) is 7.68. The van der Waals surface area contributed by atoms with E-state index in [1.165, 1.54) is 0 Å². The highest BCUT2D eigenvalue weighted by Crippen LogP contribution is 2.11. The molecule has 1 aromatic carbocycles. The van der Waals surface area contributed by atoms with E-state index >= 15 is 0 Å². The number of guanidine groups is 1. The Balaban J connectivity index is 1.74. The molecule has 0 bridgehead atoms. The van der Waals surface area contributed by atoms with Gasteiger partial charge in [-0.05, 0) is 36.2 Å². The van der Waals surface area contributed by atoms with Crippen LogP contribution in [0.25, 0.3) is 0 Å². The molecular weight excluding hydrogens is 268 g/mol. The maximum Gasteiger partial charge on any atom is 0.211 e. The average Bonchev–Trinajstić information content (AvgIpc) is 2.98. The Hall–Kier alpha value is -2.83. The lowest BCUT2D eigenvalue weighted by molar-refractivity contribution is 0.302. The molecule has 0 atom stereocenters. The van der Waals surface area contributed by atoms with Crippen molar-refractivity contribution < 1.29 is 4.74 Å². The van der Waals surface area contributed by atoms with Crippen LogP contribution in [-0.4, -0.2) is 28.3 Å². The number of hydrogen-bond acceptors (Lipinski definition) is 4. The largest absolute Gasteiger partial charge is 0.494 e. The summed E-state index contributed by atoms with van der Waals surface area (Å²) in [4.78, 5) is 3.99. The normalized spacial score (nSPS) is 10.7. The zero-order chi connectivity index (χ0) is 14.9. The van der Waals surface area contributed by atoms with E-state index in [1.54, 1.807) is 18.7 Å². The number of rotatable bonds is 7. The number of aryl methyl sites for hydroxylation is 1. The van der Waals surface area contributed by atoms with Crippen molar-refractivity contribution in [1.82, 2.24) is 9.55 Å². The van der Waals surface area contributed by atoms with Gasteiger partial charge in [-0.25, -0.2) is 4.98 Å². The van der Waals surface area contributed by atoms with Crippen LogP contribution in [0.5, 0.6) is 5.75 Å². The van der Waals surface area contributed by atoms with Gasteiger partial charge in [0.15, 0.2) is 0 Å². The molecule has 7 heteroatoms. The zero-order valence-corrected chi connectivity index (χ0v) is 11.6. The van der Waals surface area contributed by atoms with E-state index in [1.807, 2.05) is 35.0 Å². The van der Waals surface area contributed by atoms with Crippen LogP contribution in [0.1, 0.15) is 12.0 Å². The molecular formula is C14H18N6O. The Morgan fingerprint density at radius 1 is 1.29 bits per heavy atom. The van der Waals surface area contributed by atoms with Crippen LogP contribution in [0.4, 0.5) is 0 Å². The van der Waals surface area contributed by atoms with E-state index < -0.39 is 0 Å². The fourth-order valence-corrected chi connectivity index (χ4v) is 1.67. The van der Waals surface area contributed by atoms with Crippen LogP contribution >= 0.6 is 0 Å². The number of ether oxygens (including phenoxy) is 1. The minimum absolute atomic E-state index is 0.0657. The van der Waals surface area contributed by atoms with Crippen LogP contribution in [0.2, 0.25) is 0 Å². The highest BCUT2D eigenvalue weighted by Gasteiger charge is 1.95. The molecule has 0 amide bonds. The van der Waals surface area contributed by atoms with Crippen molar-refractivity contribution in [2.75, 3.05) is 6.61 Å². The summed E-state index contributed by atoms with van der Waals surface area (Å²) in [5, 5.41) is 7.27. The molecule has 0 aliphatic heterocycles. The van der Waals surface area contributed by atoms with Gasteiger partial charge in [-0.1, -0.05) is 0 Å². The molecule has 110 valence electrons. The second-order valence-corrected chi connectivity index (χ2v) is 4.34. The number of benzene rings is 1. The Kier molecular flexibility index (Phi) is 5.33. The Bertz CT molecular complexity index is 584. The second-order valence-electron chi connectivity index (χ2n) is 4.34. The van der Waals surface area contributed by atoms with E-state index in [-0.39, 0.29) is 5.96 Å². The molecule has 2 rings (SSSR count). The molecule has 7 nitrogen and oxygen atoms in total. The fourth-order valence-electron chi connectivity index (χ4n) is 1.67. The van der Waals surface area contributed by atoms with Crippen LogP contribution in [0.3, 0.4) is 0 Å². The zero-order valence-electron chi connectivity index (χ0n) is 11.6. The molecule has 0 spiro atoms. The van der Waals surface area contributed by atoms with E-state index in [0.717, 1.165) is 24.3 Å². The van der Waals surface area contributed by atoms with Gasteiger partial charge in [-0.2, -0.15) is 5.10 Å². The van der Waals surface area contributed by atoms with Gasteiger partial charge in [0, 0.05) is 18.9 Å². The maximum atomic E-state index is 5.66. The first-order chi connectivity index (χ1) is 10.2. The fraction of sp³-hybridized carbons (Fsp3) is 0.214. The van der Waals surface area contributed by atoms with Crippen molar-refractivity contribution in [3.63, 3.8) is 0 Å². The first-order valence-corrected chi connectivity index (χ1v) is 6.54. The van der Waals surface area contributed by atoms with Crippen molar-refractivity contribution in [3.05, 3.63) is 48.5 Å². The summed E-state index contributed by atoms with van der Waals surface area (Å²) in [5.74, 6) is 0.753. The van der Waals surface area contributed by atoms with Crippen molar-refractivity contribution >= 4 is 12.2 Å². The summed E-state index contributed by atoms with van der Waals surface area (Å²) < 4.78 is 7.68. The van der Waals surface area contributed by atoms with Crippen LogP contribution in [0, 0.1) is 0 Å². The molecule has 4 N–H and O–H groups in total. The standard InChI is InChI=1S/C14H18N6O/c15-14(16)19-18-10-12-2-4-13(5-3-12)21-9-1-7-20-8-6-17-11-20/h2-6,8,10-11H,1,7,9H2,(H4,15,16,19). The number of nitrogens with zero attached hydrogens (tertiary/aromatic N) is 4. The first-order valence-electron chi connectivity index (χ1n) is 6.54. The summed E-state index contributed by atoms with van der Waals surface area (Å²) in [5.41, 5.74) is 11.2. The summed E-state index contributed by atoms with van der Waals surface area (Å²) >= 11 is 0. The smallest absolute Gasteiger partial charge is 0.211 e. The highest BCUT2D eigenvalue weighted by atomic mass is 16.5. The SMILES string of the molecule is NC(N)=NN=Cc1ccc(OCCCn2ccnc2)cc1. The van der Waals surface area contributed by atoms with E-state index in [0.29, 0.717) is 6.61 Å². The number of aromatic nitrogens is 2. The lowest BCUT2D eigenvalue weighted by Gasteiger charge is -2.06. The number of hydrogen-bond donors (Lipinski definition) is 2. The predicted molar refractivity (Wildman–Crippen MR) is 82.2 cm³/mol. The van der Waals surface area contributed by atoms with E-state index in [4.69, 9.17) is 16.2 Å². The highest BCUT2D eigenvalue weighted by molar-refractivity contribution is 5.81. The third-order valence-corrected chi connectivity index (χ3v) is 2.65. The molecule has 1 heterocycles. The average molecular weight is 286 g/mol. The number of nitrogens with two attached hydrogens (primary N) is 2. The Morgan fingerprint density at radius 3 is 2.76 bits per heavy atom. The minimum Gasteiger partial charge on any atom is -0.494 e. The van der Waals surface area contributed by atoms with Gasteiger partial charge in [-0.3, -0.25) is 0 Å². The van der Waals surface area contributed by atoms with Crippen LogP contribution in [0.15, 0.2) is 53.2 Å². The molecule has 0 aliphatic rings. The molecule has 1 aromatic heterocycles. The van der Waals surface area contributed by atoms with Gasteiger partial charge in [0.25, 0.3) is 0 Å². The van der Waals surface area contributed by atoms with Gasteiger partial charge in [0.1, 0.15) is 5.75 Å². The quantitative estimate of drug-likeness (QED) is 0.342. The molecule has 0 fully saturated rings. The summed E-state index contributed by atoms with van der Waals surface area (Å²) in [7, 11) is 0. The van der Waals surface area contributed by atoms with Crippen LogP contribution < -0.4 is 16.2 Å². The molecule has 2 aromatic rings. The van der Waals surface area contributed by atoms with Crippen molar-refractivity contribution in [2.24, 2.45) is 21.7 Å².